The molecule has 10 heteroatoms. The van der Waals surface area contributed by atoms with Crippen molar-refractivity contribution in [1.82, 2.24) is 4.31 Å². The lowest BCUT2D eigenvalue weighted by Gasteiger charge is -2.17. The van der Waals surface area contributed by atoms with Crippen LogP contribution in [0, 0.1) is 0 Å². The summed E-state index contributed by atoms with van der Waals surface area (Å²) in [5.41, 5.74) is 0.377. The number of rotatable bonds is 7. The van der Waals surface area contributed by atoms with Crippen molar-refractivity contribution in [1.29, 1.82) is 0 Å². The fourth-order valence-corrected chi connectivity index (χ4v) is 4.89. The van der Waals surface area contributed by atoms with Gasteiger partial charge in [-0.15, -0.1) is 0 Å². The van der Waals surface area contributed by atoms with Crippen molar-refractivity contribution in [2.24, 2.45) is 0 Å². The molecule has 1 heterocycles. The second-order valence-corrected chi connectivity index (χ2v) is 9.39. The van der Waals surface area contributed by atoms with Gasteiger partial charge in [0.2, 0.25) is 10.0 Å². The summed E-state index contributed by atoms with van der Waals surface area (Å²) in [6.45, 7) is 2.33. The predicted molar refractivity (Wildman–Crippen MR) is 116 cm³/mol. The largest absolute Gasteiger partial charge is 0.495 e. The lowest BCUT2D eigenvalue weighted by molar-refractivity contribution is -0.123. The molecule has 8 nitrogen and oxygen atoms in total. The monoisotopic (exact) mass is 466 g/mol. The molecule has 0 radical (unpaired) electrons. The van der Waals surface area contributed by atoms with Crippen molar-refractivity contribution >= 4 is 39.2 Å². The normalized spacial score (nSPS) is 15.3. The predicted octanol–water partition coefficient (Wildman–Crippen LogP) is 3.32. The third-order valence-electron chi connectivity index (χ3n) is 4.84. The molecule has 2 aromatic rings. The Labute approximate surface area is 186 Å². The van der Waals surface area contributed by atoms with Crippen LogP contribution in [0.4, 0.5) is 5.69 Å². The second kappa shape index (κ2) is 9.67. The van der Waals surface area contributed by atoms with Crippen LogP contribution < -0.4 is 10.1 Å². The first-order valence-corrected chi connectivity index (χ1v) is 11.5. The van der Waals surface area contributed by atoms with Crippen molar-refractivity contribution in [2.45, 2.75) is 30.8 Å². The molecule has 31 heavy (non-hydrogen) atoms. The Hall–Kier alpha value is -2.62. The highest BCUT2D eigenvalue weighted by atomic mass is 35.5. The number of ether oxygens (including phenoxy) is 2. The summed E-state index contributed by atoms with van der Waals surface area (Å²) in [4.78, 5) is 25.0. The molecule has 3 rings (SSSR count). The summed E-state index contributed by atoms with van der Waals surface area (Å²) < 4.78 is 37.2. The highest BCUT2D eigenvalue weighted by Crippen LogP contribution is 2.28. The molecule has 1 N–H and O–H groups in total. The van der Waals surface area contributed by atoms with Gasteiger partial charge in [0, 0.05) is 18.1 Å². The van der Waals surface area contributed by atoms with Gasteiger partial charge in [-0.1, -0.05) is 17.7 Å². The van der Waals surface area contributed by atoms with Crippen molar-refractivity contribution in [3.05, 3.63) is 53.1 Å². The Kier molecular flexibility index (Phi) is 7.19. The van der Waals surface area contributed by atoms with E-state index in [1.54, 1.807) is 12.1 Å². The van der Waals surface area contributed by atoms with Crippen LogP contribution >= 0.6 is 11.6 Å². The van der Waals surface area contributed by atoms with E-state index >= 15 is 0 Å². The molecule has 1 atom stereocenters. The molecular weight excluding hydrogens is 444 g/mol. The highest BCUT2D eigenvalue weighted by molar-refractivity contribution is 7.89. The van der Waals surface area contributed by atoms with Crippen LogP contribution in [-0.4, -0.2) is 50.9 Å². The lowest BCUT2D eigenvalue weighted by Crippen LogP contribution is -2.30. The van der Waals surface area contributed by atoms with Crippen LogP contribution in [0.2, 0.25) is 5.02 Å². The molecule has 1 aliphatic rings. The Balaban J connectivity index is 1.70. The minimum Gasteiger partial charge on any atom is -0.495 e. The molecule has 1 fully saturated rings. The standard InChI is InChI=1S/C21H23ClN2O6S/c1-14(20(25)23-18-13-16(22)8-9-19(18)29-2)30-21(26)15-6-5-7-17(12-15)31(27,28)24-10-3-4-11-24/h5-9,12-14H,3-4,10-11H2,1-2H3,(H,23,25)/t14-/m0/s1. The number of sulfonamides is 1. The quantitative estimate of drug-likeness (QED) is 0.628. The van der Waals surface area contributed by atoms with E-state index in [-0.39, 0.29) is 10.5 Å². The van der Waals surface area contributed by atoms with Gasteiger partial charge in [0.05, 0.1) is 23.3 Å². The average Bonchev–Trinajstić information content (AvgIpc) is 3.30. The fourth-order valence-electron chi connectivity index (χ4n) is 3.16. The SMILES string of the molecule is COc1ccc(Cl)cc1NC(=O)[C@H](C)OC(=O)c1cccc(S(=O)(=O)N2CCCC2)c1. The van der Waals surface area contributed by atoms with Gasteiger partial charge in [-0.2, -0.15) is 4.31 Å². The summed E-state index contributed by atoms with van der Waals surface area (Å²) in [6, 6.07) is 10.3. The molecular formula is C21H23ClN2O6S. The van der Waals surface area contributed by atoms with Gasteiger partial charge in [-0.3, -0.25) is 4.79 Å². The number of halogens is 1. The average molecular weight is 467 g/mol. The summed E-state index contributed by atoms with van der Waals surface area (Å²) in [7, 11) is -2.22. The van der Waals surface area contributed by atoms with Gasteiger partial charge >= 0.3 is 5.97 Å². The van der Waals surface area contributed by atoms with E-state index in [2.05, 4.69) is 5.32 Å². The third-order valence-corrected chi connectivity index (χ3v) is 6.97. The number of carbonyl (C=O) groups is 2. The topological polar surface area (TPSA) is 102 Å². The van der Waals surface area contributed by atoms with Crippen LogP contribution in [0.5, 0.6) is 5.75 Å². The minimum atomic E-state index is -3.67. The number of esters is 1. The van der Waals surface area contributed by atoms with Crippen LogP contribution in [0.25, 0.3) is 0 Å². The lowest BCUT2D eigenvalue weighted by atomic mass is 10.2. The molecule has 0 saturated carbocycles. The van der Waals surface area contributed by atoms with E-state index in [1.807, 2.05) is 0 Å². The molecule has 1 saturated heterocycles. The molecule has 0 spiro atoms. The number of hydrogen-bond acceptors (Lipinski definition) is 6. The van der Waals surface area contributed by atoms with Gasteiger partial charge < -0.3 is 14.8 Å². The summed E-state index contributed by atoms with van der Waals surface area (Å²) in [6.07, 6.45) is 0.478. The summed E-state index contributed by atoms with van der Waals surface area (Å²) in [5.74, 6) is -0.995. The van der Waals surface area contributed by atoms with Crippen LogP contribution in [0.1, 0.15) is 30.1 Å². The number of hydrogen-bond donors (Lipinski definition) is 1. The molecule has 1 aliphatic heterocycles. The Morgan fingerprint density at radius 3 is 2.52 bits per heavy atom. The first-order chi connectivity index (χ1) is 14.7. The van der Waals surface area contributed by atoms with E-state index < -0.39 is 28.0 Å². The van der Waals surface area contributed by atoms with Gasteiger partial charge in [-0.05, 0) is 56.2 Å². The smallest absolute Gasteiger partial charge is 0.338 e. The highest BCUT2D eigenvalue weighted by Gasteiger charge is 2.28. The Morgan fingerprint density at radius 1 is 1.13 bits per heavy atom. The number of benzene rings is 2. The molecule has 1 amide bonds. The fraction of sp³-hybridized carbons (Fsp3) is 0.333. The van der Waals surface area contributed by atoms with E-state index in [4.69, 9.17) is 21.1 Å². The van der Waals surface area contributed by atoms with E-state index in [0.29, 0.717) is 29.5 Å². The molecule has 0 unspecified atom stereocenters. The Morgan fingerprint density at radius 2 is 1.84 bits per heavy atom. The van der Waals surface area contributed by atoms with Gasteiger partial charge in [0.15, 0.2) is 6.10 Å². The van der Waals surface area contributed by atoms with Crippen LogP contribution in [-0.2, 0) is 19.6 Å². The zero-order chi connectivity index (χ0) is 22.6. The van der Waals surface area contributed by atoms with Gasteiger partial charge in [-0.25, -0.2) is 13.2 Å². The number of nitrogens with one attached hydrogen (secondary N) is 1. The van der Waals surface area contributed by atoms with Crippen LogP contribution in [0.15, 0.2) is 47.4 Å². The summed E-state index contributed by atoms with van der Waals surface area (Å²) in [5, 5.41) is 3.00. The molecule has 166 valence electrons. The summed E-state index contributed by atoms with van der Waals surface area (Å²) >= 11 is 5.96. The maximum absolute atomic E-state index is 12.7. The van der Waals surface area contributed by atoms with E-state index in [1.165, 1.54) is 48.7 Å². The van der Waals surface area contributed by atoms with Crippen molar-refractivity contribution in [3.63, 3.8) is 0 Å². The first-order valence-electron chi connectivity index (χ1n) is 9.68. The zero-order valence-corrected chi connectivity index (χ0v) is 18.7. The molecule has 0 aliphatic carbocycles. The van der Waals surface area contributed by atoms with Crippen molar-refractivity contribution in [2.75, 3.05) is 25.5 Å². The van der Waals surface area contributed by atoms with Gasteiger partial charge in [0.25, 0.3) is 5.91 Å². The first kappa shape index (κ1) is 23.1. The van der Waals surface area contributed by atoms with Gasteiger partial charge in [0.1, 0.15) is 5.75 Å². The molecule has 0 aromatic heterocycles. The molecule has 0 bridgehead atoms. The van der Waals surface area contributed by atoms with E-state index in [9.17, 15) is 18.0 Å². The number of methoxy groups -OCH3 is 1. The second-order valence-electron chi connectivity index (χ2n) is 7.02. The van der Waals surface area contributed by atoms with Crippen molar-refractivity contribution in [3.8, 4) is 5.75 Å². The third kappa shape index (κ3) is 5.36. The number of amides is 1. The van der Waals surface area contributed by atoms with Crippen LogP contribution in [0.3, 0.4) is 0 Å². The van der Waals surface area contributed by atoms with Crippen molar-refractivity contribution < 1.29 is 27.5 Å². The number of nitrogens with zero attached hydrogens (tertiary/aromatic N) is 1. The zero-order valence-electron chi connectivity index (χ0n) is 17.1. The minimum absolute atomic E-state index is 0.0182. The number of carbonyl (C=O) groups excluding carboxylic acids is 2. The van der Waals surface area contributed by atoms with E-state index in [0.717, 1.165) is 12.8 Å². The maximum Gasteiger partial charge on any atom is 0.338 e. The Bertz CT molecular complexity index is 1080. The maximum atomic E-state index is 12.7. The number of anilines is 1. The molecule has 2 aromatic carbocycles.